The minimum absolute atomic E-state index is 0.0799. The van der Waals surface area contributed by atoms with Crippen LogP contribution >= 0.6 is 0 Å². The van der Waals surface area contributed by atoms with Gasteiger partial charge in [0.1, 0.15) is 0 Å². The zero-order valence-electron chi connectivity index (χ0n) is 15.2. The summed E-state index contributed by atoms with van der Waals surface area (Å²) in [5, 5.41) is 25.9. The summed E-state index contributed by atoms with van der Waals surface area (Å²) in [6.07, 6.45) is -0.176. The van der Waals surface area contributed by atoms with Crippen LogP contribution in [0.15, 0.2) is 53.6 Å². The first-order valence-electron chi connectivity index (χ1n) is 8.78. The summed E-state index contributed by atoms with van der Waals surface area (Å²) in [6.45, 7) is 1.95. The number of para-hydroxylation sites is 1. The summed E-state index contributed by atoms with van der Waals surface area (Å²) in [4.78, 5) is 34.3. The van der Waals surface area contributed by atoms with Gasteiger partial charge < -0.3 is 5.11 Å². The predicted octanol–water partition coefficient (Wildman–Crippen LogP) is 3.45. The van der Waals surface area contributed by atoms with Crippen molar-refractivity contribution in [3.8, 4) is 0 Å². The highest BCUT2D eigenvalue weighted by Gasteiger charge is 2.35. The van der Waals surface area contributed by atoms with E-state index in [4.69, 9.17) is 5.11 Å². The van der Waals surface area contributed by atoms with E-state index < -0.39 is 22.8 Å². The van der Waals surface area contributed by atoms with Gasteiger partial charge in [0.2, 0.25) is 5.91 Å². The van der Waals surface area contributed by atoms with Crippen molar-refractivity contribution in [3.05, 3.63) is 75.3 Å². The predicted molar refractivity (Wildman–Crippen MR) is 102 cm³/mol. The van der Waals surface area contributed by atoms with Gasteiger partial charge in [-0.1, -0.05) is 42.0 Å². The fourth-order valence-corrected chi connectivity index (χ4v) is 3.16. The molecule has 0 bridgehead atoms. The van der Waals surface area contributed by atoms with Crippen LogP contribution in [0.1, 0.15) is 42.0 Å². The molecule has 0 unspecified atom stereocenters. The van der Waals surface area contributed by atoms with Crippen LogP contribution in [-0.2, 0) is 9.59 Å². The standard InChI is InChI=1S/C20H19N3O5/c1-13-6-8-14(9-7-13)18-12-16(15-4-2-3-5-17(15)23(27)28)21-22(18)19(24)10-11-20(25)26/h2-9,18H,10-12H2,1H3,(H,25,26)/t18-/m1/s1. The van der Waals surface area contributed by atoms with Crippen LogP contribution in [0.3, 0.4) is 0 Å². The summed E-state index contributed by atoms with van der Waals surface area (Å²) < 4.78 is 0. The zero-order chi connectivity index (χ0) is 20.3. The van der Waals surface area contributed by atoms with Crippen LogP contribution in [0.4, 0.5) is 5.69 Å². The van der Waals surface area contributed by atoms with E-state index in [-0.39, 0.29) is 18.5 Å². The number of hydrogen-bond acceptors (Lipinski definition) is 5. The van der Waals surface area contributed by atoms with E-state index in [0.29, 0.717) is 17.7 Å². The number of amides is 1. The normalized spacial score (nSPS) is 16.0. The molecular weight excluding hydrogens is 362 g/mol. The molecule has 0 radical (unpaired) electrons. The van der Waals surface area contributed by atoms with Crippen LogP contribution in [0.2, 0.25) is 0 Å². The first-order chi connectivity index (χ1) is 13.4. The number of carbonyl (C=O) groups excluding carboxylic acids is 1. The van der Waals surface area contributed by atoms with Crippen LogP contribution in [0.5, 0.6) is 0 Å². The Morgan fingerprint density at radius 3 is 2.50 bits per heavy atom. The van der Waals surface area contributed by atoms with E-state index in [2.05, 4.69) is 5.10 Å². The molecule has 1 heterocycles. The summed E-state index contributed by atoms with van der Waals surface area (Å²) in [5.41, 5.74) is 2.61. The zero-order valence-corrected chi connectivity index (χ0v) is 15.2. The largest absolute Gasteiger partial charge is 0.481 e. The molecule has 1 atom stereocenters. The van der Waals surface area contributed by atoms with Gasteiger partial charge in [0.05, 0.1) is 28.7 Å². The third kappa shape index (κ3) is 4.06. The second-order valence-electron chi connectivity index (χ2n) is 6.58. The third-order valence-electron chi connectivity index (χ3n) is 4.59. The molecule has 2 aromatic carbocycles. The summed E-state index contributed by atoms with van der Waals surface area (Å²) in [7, 11) is 0. The van der Waals surface area contributed by atoms with Gasteiger partial charge in [0.15, 0.2) is 0 Å². The lowest BCUT2D eigenvalue weighted by molar-refractivity contribution is -0.385. The molecule has 3 rings (SSSR count). The number of nitro benzene ring substituents is 1. The SMILES string of the molecule is Cc1ccc([C@H]2CC(c3ccccc3[N+](=O)[O-])=NN2C(=O)CCC(=O)O)cc1. The molecule has 0 fully saturated rings. The number of aryl methyl sites for hydroxylation is 1. The average Bonchev–Trinajstić information content (AvgIpc) is 3.12. The highest BCUT2D eigenvalue weighted by molar-refractivity contribution is 6.06. The molecule has 144 valence electrons. The fraction of sp³-hybridized carbons (Fsp3) is 0.250. The van der Waals surface area contributed by atoms with E-state index in [1.807, 2.05) is 31.2 Å². The van der Waals surface area contributed by atoms with E-state index in [0.717, 1.165) is 11.1 Å². The lowest BCUT2D eigenvalue weighted by Gasteiger charge is -2.22. The van der Waals surface area contributed by atoms with Crippen molar-refractivity contribution in [2.24, 2.45) is 5.10 Å². The highest BCUT2D eigenvalue weighted by atomic mass is 16.6. The molecule has 8 heteroatoms. The summed E-state index contributed by atoms with van der Waals surface area (Å²) >= 11 is 0. The molecule has 0 aromatic heterocycles. The molecular formula is C20H19N3O5. The molecule has 1 N–H and O–H groups in total. The Morgan fingerprint density at radius 2 is 1.86 bits per heavy atom. The number of carboxylic acid groups (broad SMARTS) is 1. The van der Waals surface area contributed by atoms with E-state index >= 15 is 0 Å². The van der Waals surface area contributed by atoms with Crippen LogP contribution < -0.4 is 0 Å². The number of carbonyl (C=O) groups is 2. The van der Waals surface area contributed by atoms with Crippen molar-refractivity contribution < 1.29 is 19.6 Å². The van der Waals surface area contributed by atoms with Gasteiger partial charge in [0, 0.05) is 18.9 Å². The molecule has 2 aromatic rings. The van der Waals surface area contributed by atoms with Gasteiger partial charge >= 0.3 is 5.97 Å². The Kier molecular flexibility index (Phi) is 5.49. The highest BCUT2D eigenvalue weighted by Crippen LogP contribution is 2.35. The molecule has 0 spiro atoms. The lowest BCUT2D eigenvalue weighted by Crippen LogP contribution is -2.27. The molecule has 8 nitrogen and oxygen atoms in total. The van der Waals surface area contributed by atoms with Crippen LogP contribution in [0.25, 0.3) is 0 Å². The maximum absolute atomic E-state index is 12.6. The van der Waals surface area contributed by atoms with Gasteiger partial charge in [-0.25, -0.2) is 5.01 Å². The molecule has 0 aliphatic carbocycles. The first kappa shape index (κ1) is 19.2. The minimum Gasteiger partial charge on any atom is -0.481 e. The van der Waals surface area contributed by atoms with E-state index in [1.54, 1.807) is 18.2 Å². The first-order valence-corrected chi connectivity index (χ1v) is 8.78. The number of aliphatic carboxylic acids is 1. The molecule has 1 aliphatic rings. The maximum atomic E-state index is 12.6. The fourth-order valence-electron chi connectivity index (χ4n) is 3.16. The average molecular weight is 381 g/mol. The topological polar surface area (TPSA) is 113 Å². The van der Waals surface area contributed by atoms with Crippen molar-refractivity contribution in [2.45, 2.75) is 32.2 Å². The Labute approximate surface area is 161 Å². The third-order valence-corrected chi connectivity index (χ3v) is 4.59. The summed E-state index contributed by atoms with van der Waals surface area (Å²) in [6, 6.07) is 13.4. The van der Waals surface area contributed by atoms with Gasteiger partial charge in [-0.2, -0.15) is 5.10 Å². The second kappa shape index (κ2) is 7.99. The molecule has 0 saturated carbocycles. The molecule has 0 saturated heterocycles. The number of carboxylic acids is 1. The smallest absolute Gasteiger partial charge is 0.303 e. The van der Waals surface area contributed by atoms with Crippen LogP contribution in [0, 0.1) is 17.0 Å². The second-order valence-corrected chi connectivity index (χ2v) is 6.58. The Hall–Kier alpha value is -3.55. The van der Waals surface area contributed by atoms with Crippen molar-refractivity contribution in [3.63, 3.8) is 0 Å². The van der Waals surface area contributed by atoms with E-state index in [9.17, 15) is 19.7 Å². The number of hydrazone groups is 1. The minimum atomic E-state index is -1.07. The number of nitro groups is 1. The van der Waals surface area contributed by atoms with E-state index in [1.165, 1.54) is 11.1 Å². The maximum Gasteiger partial charge on any atom is 0.303 e. The van der Waals surface area contributed by atoms with Crippen molar-refractivity contribution in [2.75, 3.05) is 0 Å². The number of benzene rings is 2. The monoisotopic (exact) mass is 381 g/mol. The Morgan fingerprint density at radius 1 is 1.18 bits per heavy atom. The number of rotatable bonds is 6. The van der Waals surface area contributed by atoms with Crippen molar-refractivity contribution in [1.82, 2.24) is 5.01 Å². The quantitative estimate of drug-likeness (QED) is 0.608. The summed E-state index contributed by atoms with van der Waals surface area (Å²) in [5.74, 6) is -1.50. The Bertz CT molecular complexity index is 953. The molecule has 1 aliphatic heterocycles. The number of hydrogen-bond donors (Lipinski definition) is 1. The van der Waals surface area contributed by atoms with Crippen molar-refractivity contribution in [1.29, 1.82) is 0 Å². The lowest BCUT2D eigenvalue weighted by atomic mass is 9.97. The Balaban J connectivity index is 1.98. The molecule has 1 amide bonds. The van der Waals surface area contributed by atoms with Gasteiger partial charge in [-0.05, 0) is 18.6 Å². The van der Waals surface area contributed by atoms with Gasteiger partial charge in [0.25, 0.3) is 5.69 Å². The van der Waals surface area contributed by atoms with Gasteiger partial charge in [-0.15, -0.1) is 0 Å². The number of nitrogens with zero attached hydrogens (tertiary/aromatic N) is 3. The molecule has 28 heavy (non-hydrogen) atoms. The van der Waals surface area contributed by atoms with Crippen LogP contribution in [-0.4, -0.2) is 32.6 Å². The van der Waals surface area contributed by atoms with Crippen molar-refractivity contribution >= 4 is 23.3 Å². The van der Waals surface area contributed by atoms with Gasteiger partial charge in [-0.3, -0.25) is 19.7 Å².